The van der Waals surface area contributed by atoms with Crippen LogP contribution in [0.15, 0.2) is 36.4 Å². The molecule has 1 aliphatic rings. The molecule has 0 bridgehead atoms. The van der Waals surface area contributed by atoms with E-state index >= 15 is 0 Å². The van der Waals surface area contributed by atoms with Crippen LogP contribution in [-0.4, -0.2) is 94.9 Å². The summed E-state index contributed by atoms with van der Waals surface area (Å²) in [6, 6.07) is 9.12. The molecule has 0 spiro atoms. The van der Waals surface area contributed by atoms with Gasteiger partial charge in [-0.25, -0.2) is 4.57 Å². The molecular weight excluding hydrogens is 600 g/mol. The molecule has 2 aromatic rings. The first kappa shape index (κ1) is 33.4. The van der Waals surface area contributed by atoms with E-state index in [0.29, 0.717) is 40.7 Å². The van der Waals surface area contributed by atoms with Crippen LogP contribution in [0.2, 0.25) is 0 Å². The monoisotopic (exact) mass is 635 g/mol. The highest BCUT2D eigenvalue weighted by Crippen LogP contribution is 2.52. The van der Waals surface area contributed by atoms with Crippen molar-refractivity contribution in [2.45, 2.75) is 12.6 Å². The van der Waals surface area contributed by atoms with E-state index in [9.17, 15) is 9.36 Å². The van der Waals surface area contributed by atoms with Gasteiger partial charge in [0.2, 0.25) is 0 Å². The van der Waals surface area contributed by atoms with Gasteiger partial charge in [0, 0.05) is 50.0 Å². The number of piperazine rings is 1. The van der Waals surface area contributed by atoms with Crippen molar-refractivity contribution in [1.82, 2.24) is 15.4 Å². The van der Waals surface area contributed by atoms with Crippen LogP contribution < -0.4 is 24.3 Å². The number of hydrogen-bond donors (Lipinski definition) is 1. The van der Waals surface area contributed by atoms with Gasteiger partial charge in [0.15, 0.2) is 28.8 Å². The molecule has 228 valence electrons. The topological polar surface area (TPSA) is 117 Å². The fraction of sp³-hybridized carbons (Fsp3) is 0.500. The van der Waals surface area contributed by atoms with Crippen LogP contribution in [0.5, 0.6) is 23.0 Å². The summed E-state index contributed by atoms with van der Waals surface area (Å²) in [5.41, 5.74) is 0.979. The van der Waals surface area contributed by atoms with Crippen LogP contribution in [0.4, 0.5) is 0 Å². The van der Waals surface area contributed by atoms with Gasteiger partial charge in [-0.2, -0.15) is 19.4 Å². The number of nitrogens with zero attached hydrogens (tertiary/aromatic N) is 2. The SMILES string of the molecule is COc1ccc(COP(=O)(ON(CCCl)CCCl)ON2CCNCC2C(=O)c2ccc(OC)c(OC)c2)cc1OC. The molecule has 3 rings (SSSR count). The van der Waals surface area contributed by atoms with Crippen molar-refractivity contribution < 1.29 is 42.1 Å². The molecule has 0 radical (unpaired) electrons. The maximum atomic E-state index is 14.1. The van der Waals surface area contributed by atoms with E-state index in [0.717, 1.165) is 0 Å². The molecule has 1 aliphatic heterocycles. The van der Waals surface area contributed by atoms with Crippen molar-refractivity contribution >= 4 is 36.8 Å². The highest BCUT2D eigenvalue weighted by atomic mass is 35.5. The maximum Gasteiger partial charge on any atom is 0.508 e. The van der Waals surface area contributed by atoms with Gasteiger partial charge in [0.25, 0.3) is 0 Å². The molecule has 2 unspecified atom stereocenters. The van der Waals surface area contributed by atoms with Crippen LogP contribution in [0.3, 0.4) is 0 Å². The lowest BCUT2D eigenvalue weighted by atomic mass is 10.0. The number of nitrogens with one attached hydrogen (secondary N) is 1. The first-order valence-electron chi connectivity index (χ1n) is 12.8. The van der Waals surface area contributed by atoms with Gasteiger partial charge in [0.1, 0.15) is 6.04 Å². The van der Waals surface area contributed by atoms with Crippen molar-refractivity contribution in [3.63, 3.8) is 0 Å². The van der Waals surface area contributed by atoms with E-state index in [-0.39, 0.29) is 50.3 Å². The highest BCUT2D eigenvalue weighted by Gasteiger charge is 2.40. The van der Waals surface area contributed by atoms with Gasteiger partial charge in [0.05, 0.1) is 35.0 Å². The number of hydroxylamine groups is 4. The molecule has 1 saturated heterocycles. The first-order valence-corrected chi connectivity index (χ1v) is 15.3. The average Bonchev–Trinajstić information content (AvgIpc) is 2.99. The zero-order valence-electron chi connectivity index (χ0n) is 23.5. The molecule has 15 heteroatoms. The van der Waals surface area contributed by atoms with E-state index < -0.39 is 13.9 Å². The lowest BCUT2D eigenvalue weighted by Gasteiger charge is -2.36. The van der Waals surface area contributed by atoms with Crippen LogP contribution in [-0.2, 0) is 24.9 Å². The molecule has 1 fully saturated rings. The van der Waals surface area contributed by atoms with Gasteiger partial charge < -0.3 is 24.3 Å². The quantitative estimate of drug-likeness (QED) is 0.116. The zero-order chi connectivity index (χ0) is 29.8. The predicted octanol–water partition coefficient (Wildman–Crippen LogP) is 4.15. The number of carbonyl (C=O) groups excluding carboxylic acids is 1. The number of carbonyl (C=O) groups is 1. The molecule has 12 nitrogen and oxygen atoms in total. The van der Waals surface area contributed by atoms with E-state index in [2.05, 4.69) is 5.32 Å². The number of ether oxygens (including phenoxy) is 4. The maximum absolute atomic E-state index is 14.1. The number of ketones is 1. The smallest absolute Gasteiger partial charge is 0.493 e. The number of phosphoric acid groups is 1. The Labute approximate surface area is 250 Å². The zero-order valence-corrected chi connectivity index (χ0v) is 25.9. The Balaban J connectivity index is 1.87. The second-order valence-electron chi connectivity index (χ2n) is 8.67. The number of rotatable bonds is 17. The summed E-state index contributed by atoms with van der Waals surface area (Å²) in [5, 5.41) is 5.82. The van der Waals surface area contributed by atoms with Crippen LogP contribution in [0, 0.1) is 0 Å². The molecule has 1 heterocycles. The largest absolute Gasteiger partial charge is 0.508 e. The van der Waals surface area contributed by atoms with Crippen LogP contribution in [0.1, 0.15) is 15.9 Å². The number of halogens is 2. The van der Waals surface area contributed by atoms with Gasteiger partial charge in [-0.05, 0) is 35.9 Å². The van der Waals surface area contributed by atoms with Gasteiger partial charge in [-0.15, -0.1) is 23.2 Å². The molecule has 2 aromatic carbocycles. The summed E-state index contributed by atoms with van der Waals surface area (Å²) in [6.45, 7) is 1.18. The highest BCUT2D eigenvalue weighted by molar-refractivity contribution is 7.48. The summed E-state index contributed by atoms with van der Waals surface area (Å²) in [4.78, 5) is 13.6. The molecule has 1 N–H and O–H groups in total. The first-order chi connectivity index (χ1) is 19.8. The second kappa shape index (κ2) is 16.5. The summed E-state index contributed by atoms with van der Waals surface area (Å²) >= 11 is 11.8. The fourth-order valence-electron chi connectivity index (χ4n) is 4.03. The fourth-order valence-corrected chi connectivity index (χ4v) is 5.73. The van der Waals surface area contributed by atoms with Crippen molar-refractivity contribution in [2.24, 2.45) is 0 Å². The molecule has 2 atom stereocenters. The number of methoxy groups -OCH3 is 4. The molecule has 41 heavy (non-hydrogen) atoms. The lowest BCUT2D eigenvalue weighted by Crippen LogP contribution is -2.54. The third kappa shape index (κ3) is 9.18. The number of hydrogen-bond acceptors (Lipinski definition) is 12. The van der Waals surface area contributed by atoms with Crippen LogP contribution >= 0.6 is 31.0 Å². The number of benzene rings is 2. The molecule has 0 saturated carbocycles. The predicted molar refractivity (Wildman–Crippen MR) is 154 cm³/mol. The van der Waals surface area contributed by atoms with Crippen molar-refractivity contribution in [1.29, 1.82) is 0 Å². The Kier molecular flexibility index (Phi) is 13.4. The van der Waals surface area contributed by atoms with Crippen LogP contribution in [0.25, 0.3) is 0 Å². The molecule has 0 aliphatic carbocycles. The summed E-state index contributed by atoms with van der Waals surface area (Å²) < 4.78 is 52.9. The minimum atomic E-state index is -4.37. The summed E-state index contributed by atoms with van der Waals surface area (Å²) in [6.07, 6.45) is 0. The average molecular weight is 636 g/mol. The number of Topliss-reactive ketones (excluding diaryl/α,β-unsaturated/α-hetero) is 1. The Hall–Kier alpha value is -2.12. The van der Waals surface area contributed by atoms with E-state index in [1.54, 1.807) is 36.4 Å². The molecule has 0 aromatic heterocycles. The molecular formula is C26H36Cl2N3O9P. The van der Waals surface area contributed by atoms with E-state index in [1.165, 1.54) is 38.6 Å². The standard InChI is InChI=1S/C26H36Cl2N3O9P/c1-34-22-7-5-19(15-24(22)36-3)18-38-41(33,39-30(12-9-27)13-10-28)40-31-14-11-29-17-21(31)26(32)20-6-8-23(35-2)25(16-20)37-4/h5-8,15-16,21,29H,9-14,17-18H2,1-4H3. The Morgan fingerprint density at radius 1 is 0.951 bits per heavy atom. The van der Waals surface area contributed by atoms with Gasteiger partial charge in [-0.1, -0.05) is 6.07 Å². The van der Waals surface area contributed by atoms with E-state index in [4.69, 9.17) is 55.9 Å². The second-order valence-corrected chi connectivity index (χ2v) is 10.9. The normalized spacial score (nSPS) is 17.2. The minimum absolute atomic E-state index is 0.159. The lowest BCUT2D eigenvalue weighted by molar-refractivity contribution is -0.158. The van der Waals surface area contributed by atoms with E-state index in [1.807, 2.05) is 0 Å². The Morgan fingerprint density at radius 3 is 2.17 bits per heavy atom. The summed E-state index contributed by atoms with van der Waals surface area (Å²) in [7, 11) is 1.66. The Bertz CT molecular complexity index is 1190. The van der Waals surface area contributed by atoms with Gasteiger partial charge >= 0.3 is 7.82 Å². The third-order valence-corrected chi connectivity index (χ3v) is 7.71. The molecule has 0 amide bonds. The van der Waals surface area contributed by atoms with Crippen molar-refractivity contribution in [3.8, 4) is 23.0 Å². The van der Waals surface area contributed by atoms with Crippen molar-refractivity contribution in [2.75, 3.05) is 72.9 Å². The summed E-state index contributed by atoms with van der Waals surface area (Å²) in [5.74, 6) is 1.96. The minimum Gasteiger partial charge on any atom is -0.493 e. The van der Waals surface area contributed by atoms with Crippen molar-refractivity contribution in [3.05, 3.63) is 47.5 Å². The number of alkyl halides is 2. The Morgan fingerprint density at radius 2 is 1.56 bits per heavy atom. The van der Waals surface area contributed by atoms with Gasteiger partial charge in [-0.3, -0.25) is 9.32 Å². The third-order valence-electron chi connectivity index (χ3n) is 6.09.